The lowest BCUT2D eigenvalue weighted by Crippen LogP contribution is -2.66. The average Bonchev–Trinajstić information content (AvgIpc) is 3.84. The van der Waals surface area contributed by atoms with E-state index in [1.54, 1.807) is 7.11 Å². The Labute approximate surface area is 432 Å². The van der Waals surface area contributed by atoms with Gasteiger partial charge in [0, 0.05) is 19.4 Å². The molecule has 5 aliphatic heterocycles. The molecule has 9 rings (SSSR count). The monoisotopic (exact) mass is 1060 g/mol. The van der Waals surface area contributed by atoms with Gasteiger partial charge in [-0.1, -0.05) is 39.3 Å². The smallest absolute Gasteiger partial charge is 0.187 e. The predicted octanol–water partition coefficient (Wildman–Crippen LogP) is -1.33. The van der Waals surface area contributed by atoms with Crippen molar-refractivity contribution in [3.8, 4) is 0 Å². The fourth-order valence-corrected chi connectivity index (χ4v) is 15.3. The second-order valence-corrected chi connectivity index (χ2v) is 24.0. The van der Waals surface area contributed by atoms with Gasteiger partial charge in [0.1, 0.15) is 85.5 Å². The van der Waals surface area contributed by atoms with Gasteiger partial charge in [-0.3, -0.25) is 0 Å². The largest absolute Gasteiger partial charge is 0.394 e. The number of aliphatic hydroxyl groups is 12. The van der Waals surface area contributed by atoms with Crippen LogP contribution in [0.15, 0.2) is 11.6 Å². The third kappa shape index (κ3) is 10.1. The van der Waals surface area contributed by atoms with Crippen molar-refractivity contribution in [1.29, 1.82) is 0 Å². The second-order valence-electron chi connectivity index (χ2n) is 24.0. The van der Waals surface area contributed by atoms with E-state index in [0.717, 1.165) is 32.1 Å². The van der Waals surface area contributed by atoms with Crippen molar-refractivity contribution in [2.24, 2.45) is 46.3 Å². The highest BCUT2D eigenvalue weighted by molar-refractivity contribution is 5.26. The molecule has 31 atom stereocenters. The minimum absolute atomic E-state index is 0.00465. The first-order valence-corrected chi connectivity index (χ1v) is 27.2. The molecule has 12 N–H and O–H groups in total. The van der Waals surface area contributed by atoms with Gasteiger partial charge in [-0.15, -0.1) is 0 Å². The summed E-state index contributed by atoms with van der Waals surface area (Å²) in [5.41, 5.74) is 1.19. The van der Waals surface area contributed by atoms with E-state index in [9.17, 15) is 61.3 Å². The van der Waals surface area contributed by atoms with E-state index in [0.29, 0.717) is 43.4 Å². The molecular formula is C52H86O22. The lowest BCUT2D eigenvalue weighted by Gasteiger charge is -2.58. The van der Waals surface area contributed by atoms with E-state index >= 15 is 0 Å². The molecule has 4 aliphatic carbocycles. The first-order chi connectivity index (χ1) is 35.0. The molecule has 22 heteroatoms. The van der Waals surface area contributed by atoms with E-state index in [1.807, 2.05) is 6.92 Å². The van der Waals surface area contributed by atoms with E-state index in [1.165, 1.54) is 19.4 Å². The summed E-state index contributed by atoms with van der Waals surface area (Å²) >= 11 is 0. The average molecular weight is 1060 g/mol. The van der Waals surface area contributed by atoms with Crippen LogP contribution in [0.4, 0.5) is 0 Å². The Kier molecular flexibility index (Phi) is 17.4. The number of fused-ring (bicyclic) bond motifs is 7. The van der Waals surface area contributed by atoms with Crippen molar-refractivity contribution in [2.75, 3.05) is 26.9 Å². The third-order valence-corrected chi connectivity index (χ3v) is 19.8. The van der Waals surface area contributed by atoms with Crippen LogP contribution in [0.5, 0.6) is 0 Å². The summed E-state index contributed by atoms with van der Waals surface area (Å²) in [4.78, 5) is 0. The van der Waals surface area contributed by atoms with Gasteiger partial charge < -0.3 is 109 Å². The third-order valence-electron chi connectivity index (χ3n) is 19.8. The van der Waals surface area contributed by atoms with Crippen LogP contribution in [-0.2, 0) is 47.4 Å². The number of hydrogen-bond acceptors (Lipinski definition) is 22. The van der Waals surface area contributed by atoms with Gasteiger partial charge in [-0.05, 0) is 106 Å². The maximum absolute atomic E-state index is 12.1. The highest BCUT2D eigenvalue weighted by Gasteiger charge is 2.68. The number of aliphatic hydroxyl groups excluding tert-OH is 12. The standard InChI is InChI=1S/C52H86O22/c1-21(20-66-46-40(61)39(60)36(57)31(18-53)70-46)10-15-52(65-7)22(2)33-30(74-52)17-29-27-9-8-25-16-26(11-13-50(25,5)28(27)12-14-51(29,33)6)69-49-45(73-48-42(63)38(59)35(56)24(4)68-48)43(64)44(32(19-54)71-49)72-47-41(62)37(58)34(55)23(3)67-47/h8,21-24,26-49,53-64H,9-20H2,1-7H3/t21-,22+,23+,24+,26+,27-,28+,29+,30+,31-,32-,33+,34+,35+,36-,37-,38-,39+,40-,41-,42-,43+,44-,45?,46-,47+,48+,49-,50+,51+,52-/m1/s1. The predicted molar refractivity (Wildman–Crippen MR) is 254 cm³/mol. The first kappa shape index (κ1) is 57.5. The summed E-state index contributed by atoms with van der Waals surface area (Å²) in [6.45, 7) is 11.1. The molecule has 74 heavy (non-hydrogen) atoms. The molecule has 5 heterocycles. The SMILES string of the molecule is CO[C@]1(CC[C@@H](C)CO[C@@H]2O[C@H](CO)[C@@H](O)[C@H](O)[C@H]2O)O[C@H]2C[C@H]3[C@@H]4CC=C5C[C@@H](O[C@@H]6O[C@H](CO)[C@@H](O[C@@H]7O[C@@H](C)[C@H](O)[C@@H](O)[C@H]7O)[C@H](O)C6O[C@@H]6O[C@@H](C)[C@H](O)[C@@H](O)[C@H]6O)CC[C@]5(C)[C@H]4CC[C@]3(C)[C@H]2[C@@H]1C. The first-order valence-electron chi connectivity index (χ1n) is 27.2. The Morgan fingerprint density at radius 2 is 1.24 bits per heavy atom. The van der Waals surface area contributed by atoms with E-state index in [-0.39, 0.29) is 41.3 Å². The van der Waals surface area contributed by atoms with Crippen molar-refractivity contribution >= 4 is 0 Å². The zero-order valence-corrected chi connectivity index (χ0v) is 43.7. The summed E-state index contributed by atoms with van der Waals surface area (Å²) < 4.78 is 61.5. The molecule has 8 fully saturated rings. The number of hydrogen-bond donors (Lipinski definition) is 12. The van der Waals surface area contributed by atoms with Crippen LogP contribution in [-0.4, -0.2) is 229 Å². The maximum Gasteiger partial charge on any atom is 0.187 e. The quantitative estimate of drug-likeness (QED) is 0.0846. The van der Waals surface area contributed by atoms with E-state index < -0.39 is 148 Å². The molecule has 426 valence electrons. The number of ether oxygens (including phenoxy) is 10. The Morgan fingerprint density at radius 1 is 0.649 bits per heavy atom. The highest BCUT2D eigenvalue weighted by atomic mass is 16.8. The molecule has 9 aliphatic rings. The van der Waals surface area contributed by atoms with Crippen molar-refractivity contribution in [3.05, 3.63) is 11.6 Å². The molecular weight excluding hydrogens is 977 g/mol. The fraction of sp³-hybridized carbons (Fsp3) is 0.962. The van der Waals surface area contributed by atoms with Crippen molar-refractivity contribution in [3.63, 3.8) is 0 Å². The van der Waals surface area contributed by atoms with Crippen LogP contribution < -0.4 is 0 Å². The maximum atomic E-state index is 12.1. The molecule has 0 amide bonds. The van der Waals surface area contributed by atoms with Crippen LogP contribution in [0.3, 0.4) is 0 Å². The van der Waals surface area contributed by atoms with Gasteiger partial charge in [0.15, 0.2) is 30.9 Å². The molecule has 1 unspecified atom stereocenters. The van der Waals surface area contributed by atoms with Gasteiger partial charge in [-0.25, -0.2) is 0 Å². The summed E-state index contributed by atoms with van der Waals surface area (Å²) in [5.74, 6) is 0.884. The molecule has 5 saturated heterocycles. The number of methoxy groups -OCH3 is 1. The van der Waals surface area contributed by atoms with E-state index in [4.69, 9.17) is 47.4 Å². The summed E-state index contributed by atoms with van der Waals surface area (Å²) in [5, 5.41) is 127. The molecule has 0 spiro atoms. The van der Waals surface area contributed by atoms with Gasteiger partial charge in [-0.2, -0.15) is 0 Å². The van der Waals surface area contributed by atoms with E-state index in [2.05, 4.69) is 26.8 Å². The van der Waals surface area contributed by atoms with Gasteiger partial charge in [0.25, 0.3) is 0 Å². The number of allylic oxidation sites excluding steroid dienone is 1. The van der Waals surface area contributed by atoms with Gasteiger partial charge in [0.05, 0.1) is 44.2 Å². The molecule has 3 saturated carbocycles. The van der Waals surface area contributed by atoms with Crippen molar-refractivity contribution < 1.29 is 109 Å². The van der Waals surface area contributed by atoms with Gasteiger partial charge in [0.2, 0.25) is 0 Å². The van der Waals surface area contributed by atoms with Crippen LogP contribution in [0.1, 0.15) is 99.3 Å². The second kappa shape index (κ2) is 22.4. The van der Waals surface area contributed by atoms with Gasteiger partial charge >= 0.3 is 0 Å². The van der Waals surface area contributed by atoms with Crippen LogP contribution in [0.2, 0.25) is 0 Å². The molecule has 0 aromatic carbocycles. The Bertz CT molecular complexity index is 1920. The van der Waals surface area contributed by atoms with Crippen molar-refractivity contribution in [2.45, 2.75) is 240 Å². The lowest BCUT2D eigenvalue weighted by molar-refractivity contribution is -0.388. The number of rotatable bonds is 15. The van der Waals surface area contributed by atoms with Crippen LogP contribution in [0, 0.1) is 46.3 Å². The molecule has 0 radical (unpaired) electrons. The summed E-state index contributed by atoms with van der Waals surface area (Å²) in [6.07, 6.45) is -19.4. The molecule has 0 bridgehead atoms. The molecule has 22 nitrogen and oxygen atoms in total. The molecule has 0 aromatic rings. The topological polar surface area (TPSA) is 335 Å². The fourth-order valence-electron chi connectivity index (χ4n) is 15.3. The summed E-state index contributed by atoms with van der Waals surface area (Å²) in [7, 11) is 1.72. The Morgan fingerprint density at radius 3 is 1.86 bits per heavy atom. The minimum Gasteiger partial charge on any atom is -0.394 e. The van der Waals surface area contributed by atoms with Crippen LogP contribution >= 0.6 is 0 Å². The normalized spacial score (nSPS) is 54.9. The summed E-state index contributed by atoms with van der Waals surface area (Å²) in [6, 6.07) is 0. The highest BCUT2D eigenvalue weighted by Crippen LogP contribution is 2.70. The lowest BCUT2D eigenvalue weighted by atomic mass is 9.47. The zero-order valence-electron chi connectivity index (χ0n) is 43.7. The molecule has 0 aromatic heterocycles. The zero-order chi connectivity index (χ0) is 53.5. The Balaban J connectivity index is 0.854. The van der Waals surface area contributed by atoms with Crippen LogP contribution in [0.25, 0.3) is 0 Å². The minimum atomic E-state index is -1.74. The van der Waals surface area contributed by atoms with Crippen molar-refractivity contribution in [1.82, 2.24) is 0 Å². The Hall–Kier alpha value is -1.14.